The average molecular weight is 320 g/mol. The number of anilines is 1. The van der Waals surface area contributed by atoms with Gasteiger partial charge in [0.1, 0.15) is 0 Å². The molecule has 0 aliphatic heterocycles. The minimum atomic E-state index is -2.66. The Balaban J connectivity index is 2.35. The van der Waals surface area contributed by atoms with Crippen molar-refractivity contribution in [3.8, 4) is 0 Å². The molecule has 106 valence electrons. The van der Waals surface area contributed by atoms with Gasteiger partial charge in [0, 0.05) is 10.5 Å². The van der Waals surface area contributed by atoms with Gasteiger partial charge in [0.05, 0.1) is 10.6 Å². The van der Waals surface area contributed by atoms with Crippen molar-refractivity contribution in [3.05, 3.63) is 34.7 Å². The molecule has 0 fully saturated rings. The Labute approximate surface area is 121 Å². The Hall–Kier alpha value is -1.67. The largest absolute Gasteiger partial charge is 0.411 e. The van der Waals surface area contributed by atoms with Crippen LogP contribution in [-0.4, -0.2) is 22.4 Å². The van der Waals surface area contributed by atoms with Gasteiger partial charge in [0.2, 0.25) is 6.39 Å². The summed E-state index contributed by atoms with van der Waals surface area (Å²) in [7, 11) is 0. The molecule has 0 saturated carbocycles. The van der Waals surface area contributed by atoms with Gasteiger partial charge in [0.15, 0.2) is 0 Å². The van der Waals surface area contributed by atoms with Crippen molar-refractivity contribution in [1.29, 1.82) is 0 Å². The van der Waals surface area contributed by atoms with E-state index in [0.717, 1.165) is 18.2 Å². The highest BCUT2D eigenvalue weighted by atomic mass is 35.5. The number of aromatic nitrogens is 2. The predicted octanol–water partition coefficient (Wildman–Crippen LogP) is 3.63. The lowest BCUT2D eigenvalue weighted by atomic mass is 10.1. The molecule has 20 heavy (non-hydrogen) atoms. The average Bonchev–Trinajstić information content (AvgIpc) is 2.90. The lowest BCUT2D eigenvalue weighted by molar-refractivity contribution is 0.102. The van der Waals surface area contributed by atoms with Crippen LogP contribution in [0.25, 0.3) is 0 Å². The summed E-state index contributed by atoms with van der Waals surface area (Å²) in [6.07, 6.45) is -0.0139. The monoisotopic (exact) mass is 319 g/mol. The summed E-state index contributed by atoms with van der Waals surface area (Å²) in [5, 5.41) is 9.16. The van der Waals surface area contributed by atoms with Gasteiger partial charge in [-0.1, -0.05) is 22.8 Å². The molecule has 1 aromatic carbocycles. The van der Waals surface area contributed by atoms with Crippen LogP contribution in [0.5, 0.6) is 0 Å². The fourth-order valence-electron chi connectivity index (χ4n) is 1.52. The SMILES string of the molecule is CSc1c(C(F)F)ccc(C(=O)Nc2nnco2)c1Cl. The first-order valence-electron chi connectivity index (χ1n) is 5.26. The van der Waals surface area contributed by atoms with Gasteiger partial charge in [-0.3, -0.25) is 10.1 Å². The number of nitrogens with one attached hydrogen (secondary N) is 1. The zero-order valence-electron chi connectivity index (χ0n) is 10.1. The molecule has 1 heterocycles. The van der Waals surface area contributed by atoms with Crippen LogP contribution in [0.2, 0.25) is 5.02 Å². The van der Waals surface area contributed by atoms with Crippen LogP contribution in [0.3, 0.4) is 0 Å². The third kappa shape index (κ3) is 2.91. The van der Waals surface area contributed by atoms with Crippen LogP contribution < -0.4 is 5.32 Å². The second kappa shape index (κ2) is 6.19. The summed E-state index contributed by atoms with van der Waals surface area (Å²) in [5.74, 6) is -0.615. The van der Waals surface area contributed by atoms with Crippen molar-refractivity contribution in [2.45, 2.75) is 11.3 Å². The van der Waals surface area contributed by atoms with Crippen LogP contribution in [-0.2, 0) is 0 Å². The minimum absolute atomic E-state index is 0.0349. The number of thioether (sulfide) groups is 1. The van der Waals surface area contributed by atoms with Gasteiger partial charge >= 0.3 is 6.01 Å². The van der Waals surface area contributed by atoms with Gasteiger partial charge in [-0.05, 0) is 12.3 Å². The maximum absolute atomic E-state index is 12.8. The number of rotatable bonds is 4. The summed E-state index contributed by atoms with van der Waals surface area (Å²) in [5.41, 5.74) is -0.157. The van der Waals surface area contributed by atoms with Crippen LogP contribution in [0, 0.1) is 0 Å². The van der Waals surface area contributed by atoms with Gasteiger partial charge in [-0.25, -0.2) is 8.78 Å². The maximum Gasteiger partial charge on any atom is 0.322 e. The number of hydrogen-bond donors (Lipinski definition) is 1. The highest BCUT2D eigenvalue weighted by Gasteiger charge is 2.21. The second-order valence-corrected chi connectivity index (χ2v) is 4.74. The fraction of sp³-hybridized carbons (Fsp3) is 0.182. The van der Waals surface area contributed by atoms with Crippen molar-refractivity contribution in [2.24, 2.45) is 0 Å². The summed E-state index contributed by atoms with van der Waals surface area (Å²) >= 11 is 7.06. The number of nitrogens with zero attached hydrogens (tertiary/aromatic N) is 2. The molecule has 2 rings (SSSR count). The Kier molecular flexibility index (Phi) is 4.56. The Morgan fingerprint density at radius 3 is 2.80 bits per heavy atom. The molecule has 0 spiro atoms. The molecule has 5 nitrogen and oxygen atoms in total. The number of halogens is 3. The van der Waals surface area contributed by atoms with E-state index in [9.17, 15) is 13.6 Å². The normalized spacial score (nSPS) is 10.8. The predicted molar refractivity (Wildman–Crippen MR) is 70.4 cm³/mol. The van der Waals surface area contributed by atoms with E-state index in [1.54, 1.807) is 6.26 Å². The van der Waals surface area contributed by atoms with Gasteiger partial charge in [0.25, 0.3) is 12.3 Å². The molecule has 0 radical (unpaired) electrons. The first kappa shape index (κ1) is 14.7. The molecular weight excluding hydrogens is 312 g/mol. The number of alkyl halides is 2. The van der Waals surface area contributed by atoms with E-state index in [1.807, 2.05) is 0 Å². The second-order valence-electron chi connectivity index (χ2n) is 3.55. The molecule has 0 bridgehead atoms. The topological polar surface area (TPSA) is 68.0 Å². The van der Waals surface area contributed by atoms with E-state index < -0.39 is 12.3 Å². The molecule has 0 saturated heterocycles. The third-order valence-electron chi connectivity index (χ3n) is 2.39. The highest BCUT2D eigenvalue weighted by Crippen LogP contribution is 2.37. The van der Waals surface area contributed by atoms with Gasteiger partial charge in [-0.15, -0.1) is 16.9 Å². The molecule has 9 heteroatoms. The molecule has 1 N–H and O–H groups in total. The molecule has 0 atom stereocenters. The first-order chi connectivity index (χ1) is 9.54. The Morgan fingerprint density at radius 2 is 2.25 bits per heavy atom. The molecule has 0 aliphatic carbocycles. The maximum atomic E-state index is 12.8. The Bertz CT molecular complexity index is 622. The number of carbonyl (C=O) groups is 1. The summed E-state index contributed by atoms with van der Waals surface area (Å²) in [6.45, 7) is 0. The number of amides is 1. The molecule has 1 aromatic heterocycles. The number of carbonyl (C=O) groups excluding carboxylic acids is 1. The molecule has 1 amide bonds. The molecule has 0 unspecified atom stereocenters. The van der Waals surface area contributed by atoms with Crippen molar-refractivity contribution < 1.29 is 18.0 Å². The van der Waals surface area contributed by atoms with Crippen LogP contribution >= 0.6 is 23.4 Å². The first-order valence-corrected chi connectivity index (χ1v) is 6.87. The van der Waals surface area contributed by atoms with E-state index in [4.69, 9.17) is 16.0 Å². The Morgan fingerprint density at radius 1 is 1.50 bits per heavy atom. The summed E-state index contributed by atoms with van der Waals surface area (Å²) in [4.78, 5) is 12.1. The van der Waals surface area contributed by atoms with E-state index in [1.165, 1.54) is 12.1 Å². The summed E-state index contributed by atoms with van der Waals surface area (Å²) < 4.78 is 30.4. The van der Waals surface area contributed by atoms with Crippen LogP contribution in [0.15, 0.2) is 27.8 Å². The van der Waals surface area contributed by atoms with Gasteiger partial charge < -0.3 is 4.42 Å². The van der Waals surface area contributed by atoms with E-state index in [0.29, 0.717) is 0 Å². The zero-order chi connectivity index (χ0) is 14.7. The standard InChI is InChI=1S/C11H8ClF2N3O2S/c1-20-8-6(9(13)14)3-2-5(7(8)12)10(18)16-11-17-15-4-19-11/h2-4,9H,1H3,(H,16,17,18). The molecule has 0 aliphatic rings. The lowest BCUT2D eigenvalue weighted by Crippen LogP contribution is -2.13. The van der Waals surface area contributed by atoms with Gasteiger partial charge in [-0.2, -0.15) is 0 Å². The quantitative estimate of drug-likeness (QED) is 0.871. The van der Waals surface area contributed by atoms with Crippen molar-refractivity contribution >= 4 is 35.3 Å². The number of hydrogen-bond acceptors (Lipinski definition) is 5. The van der Waals surface area contributed by atoms with Crippen molar-refractivity contribution in [1.82, 2.24) is 10.2 Å². The number of benzene rings is 1. The van der Waals surface area contributed by atoms with Crippen molar-refractivity contribution in [2.75, 3.05) is 11.6 Å². The van der Waals surface area contributed by atoms with E-state index in [2.05, 4.69) is 15.5 Å². The van der Waals surface area contributed by atoms with Crippen molar-refractivity contribution in [3.63, 3.8) is 0 Å². The smallest absolute Gasteiger partial charge is 0.322 e. The molecule has 2 aromatic rings. The van der Waals surface area contributed by atoms with Crippen LogP contribution in [0.4, 0.5) is 14.8 Å². The zero-order valence-corrected chi connectivity index (χ0v) is 11.6. The fourth-order valence-corrected chi connectivity index (χ4v) is 2.69. The van der Waals surface area contributed by atoms with E-state index in [-0.39, 0.29) is 27.1 Å². The summed E-state index contributed by atoms with van der Waals surface area (Å²) in [6, 6.07) is 2.30. The third-order valence-corrected chi connectivity index (χ3v) is 3.74. The van der Waals surface area contributed by atoms with E-state index >= 15 is 0 Å². The molecular formula is C11H8ClF2N3O2S. The lowest BCUT2D eigenvalue weighted by Gasteiger charge is -2.11. The minimum Gasteiger partial charge on any atom is -0.411 e. The van der Waals surface area contributed by atoms with Crippen LogP contribution in [0.1, 0.15) is 22.3 Å². The highest BCUT2D eigenvalue weighted by molar-refractivity contribution is 7.98.